The predicted octanol–water partition coefficient (Wildman–Crippen LogP) is 2.05. The highest BCUT2D eigenvalue weighted by atomic mass is 16.5. The summed E-state index contributed by atoms with van der Waals surface area (Å²) in [6.07, 6.45) is 3.32. The number of anilines is 1. The first kappa shape index (κ1) is 17.7. The normalized spacial score (nSPS) is 11.1. The average Bonchev–Trinajstić information content (AvgIpc) is 3.22. The number of ether oxygens (including phenoxy) is 1. The van der Waals surface area contributed by atoms with E-state index in [2.05, 4.69) is 25.6 Å². The van der Waals surface area contributed by atoms with Gasteiger partial charge < -0.3 is 14.6 Å². The van der Waals surface area contributed by atoms with E-state index in [4.69, 9.17) is 4.74 Å². The third-order valence-corrected chi connectivity index (χ3v) is 3.78. The topological polar surface area (TPSA) is 99.8 Å². The van der Waals surface area contributed by atoms with Gasteiger partial charge in [0.1, 0.15) is 23.5 Å². The van der Waals surface area contributed by atoms with Gasteiger partial charge in [0.15, 0.2) is 5.82 Å². The number of methoxy groups -OCH3 is 1. The molecule has 0 atom stereocenters. The average molecular weight is 355 g/mol. The van der Waals surface area contributed by atoms with Gasteiger partial charge in [0.25, 0.3) is 5.91 Å². The summed E-state index contributed by atoms with van der Waals surface area (Å²) in [7, 11) is 3.32. The van der Waals surface area contributed by atoms with E-state index in [1.165, 1.54) is 0 Å². The Morgan fingerprint density at radius 3 is 2.88 bits per heavy atom. The lowest BCUT2D eigenvalue weighted by Gasteiger charge is -2.10. The minimum atomic E-state index is -0.292. The first-order valence-electron chi connectivity index (χ1n) is 8.19. The van der Waals surface area contributed by atoms with Crippen LogP contribution < -0.4 is 5.32 Å². The Kier molecular flexibility index (Phi) is 5.08. The molecule has 3 heterocycles. The Balaban J connectivity index is 1.85. The van der Waals surface area contributed by atoms with Crippen molar-refractivity contribution >= 4 is 11.7 Å². The molecule has 0 aliphatic heterocycles. The molecule has 0 fully saturated rings. The van der Waals surface area contributed by atoms with Crippen LogP contribution in [0.4, 0.5) is 5.82 Å². The van der Waals surface area contributed by atoms with E-state index in [0.717, 1.165) is 0 Å². The second kappa shape index (κ2) is 7.44. The van der Waals surface area contributed by atoms with Crippen molar-refractivity contribution in [1.82, 2.24) is 29.5 Å². The zero-order valence-electron chi connectivity index (χ0n) is 15.2. The van der Waals surface area contributed by atoms with Gasteiger partial charge in [0.05, 0.1) is 12.2 Å². The summed E-state index contributed by atoms with van der Waals surface area (Å²) in [5, 5.41) is 15.1. The number of pyridine rings is 1. The van der Waals surface area contributed by atoms with Gasteiger partial charge in [-0.25, -0.2) is 4.98 Å². The fourth-order valence-electron chi connectivity index (χ4n) is 2.58. The van der Waals surface area contributed by atoms with Gasteiger partial charge in [0, 0.05) is 26.4 Å². The van der Waals surface area contributed by atoms with E-state index >= 15 is 0 Å². The number of nitrogens with one attached hydrogen (secondary N) is 1. The van der Waals surface area contributed by atoms with Crippen LogP contribution in [-0.2, 0) is 18.4 Å². The van der Waals surface area contributed by atoms with Crippen LogP contribution in [0, 0.1) is 0 Å². The number of aromatic nitrogens is 6. The standard InChI is InChI=1S/C17H21N7O2/c1-11(2)24-10-18-21-16(24)13-6-5-7-15(19-13)20-17(25)12-8-23(3)22-14(12)9-26-4/h5-8,10-11H,9H2,1-4H3,(H,19,20,25). The molecule has 1 amide bonds. The molecule has 136 valence electrons. The summed E-state index contributed by atoms with van der Waals surface area (Å²) in [6, 6.07) is 5.58. The molecule has 0 spiro atoms. The van der Waals surface area contributed by atoms with Crippen molar-refractivity contribution < 1.29 is 9.53 Å². The Bertz CT molecular complexity index is 913. The van der Waals surface area contributed by atoms with E-state index in [-0.39, 0.29) is 18.6 Å². The van der Waals surface area contributed by atoms with Crippen LogP contribution in [0.5, 0.6) is 0 Å². The van der Waals surface area contributed by atoms with Gasteiger partial charge in [-0.15, -0.1) is 10.2 Å². The zero-order valence-corrected chi connectivity index (χ0v) is 15.2. The van der Waals surface area contributed by atoms with Crippen molar-refractivity contribution in [3.05, 3.63) is 42.0 Å². The second-order valence-electron chi connectivity index (χ2n) is 6.11. The van der Waals surface area contributed by atoms with Crippen LogP contribution in [0.25, 0.3) is 11.5 Å². The Morgan fingerprint density at radius 1 is 1.35 bits per heavy atom. The molecule has 3 rings (SSSR count). The van der Waals surface area contributed by atoms with E-state index in [0.29, 0.717) is 28.6 Å². The Morgan fingerprint density at radius 2 is 2.15 bits per heavy atom. The Hall–Kier alpha value is -3.07. The molecule has 9 nitrogen and oxygen atoms in total. The quantitative estimate of drug-likeness (QED) is 0.726. The maximum atomic E-state index is 12.6. The summed E-state index contributed by atoms with van der Waals surface area (Å²) in [5.41, 5.74) is 1.66. The van der Waals surface area contributed by atoms with Gasteiger partial charge in [-0.1, -0.05) is 6.07 Å². The van der Waals surface area contributed by atoms with Crippen LogP contribution >= 0.6 is 0 Å². The van der Waals surface area contributed by atoms with Crippen LogP contribution in [0.3, 0.4) is 0 Å². The SMILES string of the molecule is COCc1nn(C)cc1C(=O)Nc1cccc(-c2nncn2C(C)C)n1. The third kappa shape index (κ3) is 3.62. The minimum Gasteiger partial charge on any atom is -0.378 e. The van der Waals surface area contributed by atoms with Crippen molar-refractivity contribution in [2.45, 2.75) is 26.5 Å². The number of hydrogen-bond donors (Lipinski definition) is 1. The van der Waals surface area contributed by atoms with Gasteiger partial charge in [-0.3, -0.25) is 9.48 Å². The van der Waals surface area contributed by atoms with Crippen molar-refractivity contribution in [1.29, 1.82) is 0 Å². The van der Waals surface area contributed by atoms with Crippen molar-refractivity contribution in [3.63, 3.8) is 0 Å². The lowest BCUT2D eigenvalue weighted by atomic mass is 10.2. The molecular weight excluding hydrogens is 334 g/mol. The first-order chi connectivity index (χ1) is 12.5. The molecule has 0 aliphatic rings. The molecule has 0 aliphatic carbocycles. The smallest absolute Gasteiger partial charge is 0.260 e. The van der Waals surface area contributed by atoms with E-state index in [1.54, 1.807) is 37.4 Å². The van der Waals surface area contributed by atoms with E-state index in [1.807, 2.05) is 30.5 Å². The molecule has 0 saturated heterocycles. The van der Waals surface area contributed by atoms with Crippen LogP contribution in [0.2, 0.25) is 0 Å². The molecule has 0 unspecified atom stereocenters. The highest BCUT2D eigenvalue weighted by Gasteiger charge is 2.17. The number of carbonyl (C=O) groups is 1. The Labute approximate surface area is 151 Å². The summed E-state index contributed by atoms with van der Waals surface area (Å²) < 4.78 is 8.60. The maximum absolute atomic E-state index is 12.6. The molecule has 0 aromatic carbocycles. The number of rotatable bonds is 6. The summed E-state index contributed by atoms with van der Waals surface area (Å²) in [5.74, 6) is 0.788. The second-order valence-corrected chi connectivity index (χ2v) is 6.11. The molecule has 3 aromatic heterocycles. The molecular formula is C17H21N7O2. The predicted molar refractivity (Wildman–Crippen MR) is 95.5 cm³/mol. The number of nitrogens with zero attached hydrogens (tertiary/aromatic N) is 6. The van der Waals surface area contributed by atoms with E-state index < -0.39 is 0 Å². The van der Waals surface area contributed by atoms with Crippen molar-refractivity contribution in [2.24, 2.45) is 7.05 Å². The highest BCUT2D eigenvalue weighted by molar-refractivity contribution is 6.04. The van der Waals surface area contributed by atoms with Crippen LogP contribution in [0.1, 0.15) is 35.9 Å². The molecule has 0 radical (unpaired) electrons. The third-order valence-electron chi connectivity index (χ3n) is 3.78. The summed E-state index contributed by atoms with van der Waals surface area (Å²) >= 11 is 0. The lowest BCUT2D eigenvalue weighted by molar-refractivity contribution is 0.102. The number of hydrogen-bond acceptors (Lipinski definition) is 6. The van der Waals surface area contributed by atoms with Crippen LogP contribution in [0.15, 0.2) is 30.7 Å². The van der Waals surface area contributed by atoms with Crippen molar-refractivity contribution in [3.8, 4) is 11.5 Å². The number of carbonyl (C=O) groups excluding carboxylic acids is 1. The fraction of sp³-hybridized carbons (Fsp3) is 0.353. The largest absolute Gasteiger partial charge is 0.378 e. The highest BCUT2D eigenvalue weighted by Crippen LogP contribution is 2.20. The van der Waals surface area contributed by atoms with Gasteiger partial charge >= 0.3 is 0 Å². The van der Waals surface area contributed by atoms with Gasteiger partial charge in [-0.05, 0) is 26.0 Å². The molecule has 3 aromatic rings. The summed E-state index contributed by atoms with van der Waals surface area (Å²) in [6.45, 7) is 4.34. The molecule has 26 heavy (non-hydrogen) atoms. The maximum Gasteiger partial charge on any atom is 0.260 e. The van der Waals surface area contributed by atoms with Gasteiger partial charge in [0.2, 0.25) is 0 Å². The molecule has 9 heteroatoms. The number of amides is 1. The minimum absolute atomic E-state index is 0.201. The summed E-state index contributed by atoms with van der Waals surface area (Å²) in [4.78, 5) is 17.1. The monoisotopic (exact) mass is 355 g/mol. The molecule has 0 bridgehead atoms. The van der Waals surface area contributed by atoms with Crippen molar-refractivity contribution in [2.75, 3.05) is 12.4 Å². The first-order valence-corrected chi connectivity index (χ1v) is 8.19. The lowest BCUT2D eigenvalue weighted by Crippen LogP contribution is -2.15. The van der Waals surface area contributed by atoms with Crippen LogP contribution in [-0.4, -0.2) is 42.5 Å². The number of aryl methyl sites for hydroxylation is 1. The zero-order chi connectivity index (χ0) is 18.7. The fourth-order valence-corrected chi connectivity index (χ4v) is 2.58. The molecule has 0 saturated carbocycles. The van der Waals surface area contributed by atoms with E-state index in [9.17, 15) is 4.79 Å². The van der Waals surface area contributed by atoms with Gasteiger partial charge in [-0.2, -0.15) is 5.10 Å². The molecule has 1 N–H and O–H groups in total.